The van der Waals surface area contributed by atoms with Crippen molar-refractivity contribution < 1.29 is 9.18 Å². The molecular formula is C32H35FN2O. The van der Waals surface area contributed by atoms with E-state index in [1.807, 2.05) is 24.3 Å². The SMILES string of the molecule is CC(C)(C)c1ccc(C(=O)CCCC2NCCc3c2n(Cc2ccc(F)cc2)c2ccccc32)cc1. The Morgan fingerprint density at radius 3 is 2.44 bits per heavy atom. The van der Waals surface area contributed by atoms with E-state index in [2.05, 4.69) is 67.1 Å². The molecule has 3 nitrogen and oxygen atoms in total. The van der Waals surface area contributed by atoms with Crippen LogP contribution in [0.1, 0.15) is 78.8 Å². The van der Waals surface area contributed by atoms with Gasteiger partial charge in [-0.15, -0.1) is 0 Å². The molecule has 4 heteroatoms. The molecule has 0 bridgehead atoms. The van der Waals surface area contributed by atoms with Crippen molar-refractivity contribution in [1.29, 1.82) is 0 Å². The predicted molar refractivity (Wildman–Crippen MR) is 145 cm³/mol. The highest BCUT2D eigenvalue weighted by molar-refractivity contribution is 5.96. The third-order valence-electron chi connectivity index (χ3n) is 7.44. The molecule has 0 saturated carbocycles. The second kappa shape index (κ2) is 10.0. The first-order valence-electron chi connectivity index (χ1n) is 13.0. The van der Waals surface area contributed by atoms with Gasteiger partial charge in [0.15, 0.2) is 5.78 Å². The third-order valence-corrected chi connectivity index (χ3v) is 7.44. The first-order valence-corrected chi connectivity index (χ1v) is 13.0. The summed E-state index contributed by atoms with van der Waals surface area (Å²) in [6.07, 6.45) is 3.26. The van der Waals surface area contributed by atoms with Gasteiger partial charge in [0.25, 0.3) is 0 Å². The molecule has 1 aliphatic heterocycles. The van der Waals surface area contributed by atoms with Gasteiger partial charge in [0.05, 0.1) is 0 Å². The minimum absolute atomic E-state index is 0.0817. The third kappa shape index (κ3) is 5.01. The molecule has 0 aliphatic carbocycles. The number of aromatic nitrogens is 1. The first-order chi connectivity index (χ1) is 17.3. The number of fused-ring (bicyclic) bond motifs is 3. The van der Waals surface area contributed by atoms with Gasteiger partial charge in [0.2, 0.25) is 0 Å². The van der Waals surface area contributed by atoms with E-state index in [-0.39, 0.29) is 23.1 Å². The maximum Gasteiger partial charge on any atom is 0.162 e. The zero-order chi connectivity index (χ0) is 25.3. The maximum atomic E-state index is 13.5. The minimum atomic E-state index is -0.213. The van der Waals surface area contributed by atoms with Crippen molar-refractivity contribution in [2.75, 3.05) is 6.54 Å². The molecule has 36 heavy (non-hydrogen) atoms. The molecular weight excluding hydrogens is 447 g/mol. The van der Waals surface area contributed by atoms with Crippen LogP contribution < -0.4 is 5.32 Å². The van der Waals surface area contributed by atoms with Crippen molar-refractivity contribution in [3.63, 3.8) is 0 Å². The number of rotatable bonds is 7. The lowest BCUT2D eigenvalue weighted by Gasteiger charge is -2.27. The Balaban J connectivity index is 1.35. The topological polar surface area (TPSA) is 34.0 Å². The number of ketones is 1. The Hall–Kier alpha value is -3.24. The highest BCUT2D eigenvalue weighted by Gasteiger charge is 2.27. The average molecular weight is 483 g/mol. The van der Waals surface area contributed by atoms with Gasteiger partial charge in [-0.25, -0.2) is 4.39 Å². The van der Waals surface area contributed by atoms with Crippen LogP contribution in [0.4, 0.5) is 4.39 Å². The van der Waals surface area contributed by atoms with Crippen molar-refractivity contribution in [2.24, 2.45) is 0 Å². The fourth-order valence-electron chi connectivity index (χ4n) is 5.47. The minimum Gasteiger partial charge on any atom is -0.338 e. The van der Waals surface area contributed by atoms with E-state index in [1.54, 1.807) is 0 Å². The van der Waals surface area contributed by atoms with Gasteiger partial charge in [0.1, 0.15) is 5.82 Å². The van der Waals surface area contributed by atoms with E-state index in [4.69, 9.17) is 0 Å². The Morgan fingerprint density at radius 2 is 1.72 bits per heavy atom. The van der Waals surface area contributed by atoms with Gasteiger partial charge in [-0.05, 0) is 66.1 Å². The van der Waals surface area contributed by atoms with Gasteiger partial charge in [0, 0.05) is 41.2 Å². The largest absolute Gasteiger partial charge is 0.338 e. The summed E-state index contributed by atoms with van der Waals surface area (Å²) in [6, 6.07) is 23.7. The van der Waals surface area contributed by atoms with Crippen LogP contribution in [0, 0.1) is 5.82 Å². The zero-order valence-corrected chi connectivity index (χ0v) is 21.5. The summed E-state index contributed by atoms with van der Waals surface area (Å²) in [5.74, 6) is -0.00579. The van der Waals surface area contributed by atoms with Crippen LogP contribution in [0.25, 0.3) is 10.9 Å². The fraction of sp³-hybridized carbons (Fsp3) is 0.344. The molecule has 5 rings (SSSR count). The van der Waals surface area contributed by atoms with E-state index in [0.29, 0.717) is 13.0 Å². The van der Waals surface area contributed by atoms with Crippen molar-refractivity contribution >= 4 is 16.7 Å². The first kappa shape index (κ1) is 24.5. The summed E-state index contributed by atoms with van der Waals surface area (Å²) >= 11 is 0. The quantitative estimate of drug-likeness (QED) is 0.279. The molecule has 2 heterocycles. The number of benzene rings is 3. The standard InChI is InChI=1S/C32H35FN2O/c1-32(2,3)24-15-13-23(14-16-24)30(36)10-6-8-28-31-27(19-20-34-28)26-7-4-5-9-29(26)35(31)21-22-11-17-25(33)18-12-22/h4-5,7,9,11-18,28,34H,6,8,10,19-21H2,1-3H3. The lowest BCUT2D eigenvalue weighted by molar-refractivity contribution is 0.0978. The highest BCUT2D eigenvalue weighted by atomic mass is 19.1. The lowest BCUT2D eigenvalue weighted by atomic mass is 9.86. The summed E-state index contributed by atoms with van der Waals surface area (Å²) in [4.78, 5) is 12.9. The van der Waals surface area contributed by atoms with Crippen LogP contribution in [0.5, 0.6) is 0 Å². The van der Waals surface area contributed by atoms with Gasteiger partial charge < -0.3 is 9.88 Å². The molecule has 0 saturated heterocycles. The van der Waals surface area contributed by atoms with Crippen LogP contribution in [0.2, 0.25) is 0 Å². The molecule has 0 radical (unpaired) electrons. The number of carbonyl (C=O) groups is 1. The van der Waals surface area contributed by atoms with Gasteiger partial charge in [-0.1, -0.05) is 75.4 Å². The van der Waals surface area contributed by atoms with Crippen molar-refractivity contribution in [2.45, 2.75) is 64.5 Å². The number of carbonyl (C=O) groups excluding carboxylic acids is 1. The van der Waals surface area contributed by atoms with Crippen LogP contribution >= 0.6 is 0 Å². The van der Waals surface area contributed by atoms with Crippen LogP contribution in [-0.4, -0.2) is 16.9 Å². The molecule has 1 N–H and O–H groups in total. The van der Waals surface area contributed by atoms with E-state index >= 15 is 0 Å². The summed E-state index contributed by atoms with van der Waals surface area (Å²) in [5.41, 5.74) is 7.14. The summed E-state index contributed by atoms with van der Waals surface area (Å²) in [6.45, 7) is 8.19. The molecule has 186 valence electrons. The smallest absolute Gasteiger partial charge is 0.162 e. The molecule has 0 fully saturated rings. The number of para-hydroxylation sites is 1. The Labute approximate surface area is 213 Å². The number of halogens is 1. The van der Waals surface area contributed by atoms with Crippen molar-refractivity contribution in [1.82, 2.24) is 9.88 Å². The second-order valence-electron chi connectivity index (χ2n) is 11.0. The van der Waals surface area contributed by atoms with Gasteiger partial charge in [-0.3, -0.25) is 4.79 Å². The number of Topliss-reactive ketones (excluding diaryl/α,β-unsaturated/α-hetero) is 1. The second-order valence-corrected chi connectivity index (χ2v) is 11.0. The number of hydrogen-bond donors (Lipinski definition) is 1. The van der Waals surface area contributed by atoms with Crippen molar-refractivity contribution in [3.05, 3.63) is 107 Å². The Bertz CT molecular complexity index is 1360. The van der Waals surface area contributed by atoms with Crippen molar-refractivity contribution in [3.8, 4) is 0 Å². The monoisotopic (exact) mass is 482 g/mol. The van der Waals surface area contributed by atoms with E-state index < -0.39 is 0 Å². The molecule has 0 spiro atoms. The molecule has 1 aliphatic rings. The van der Waals surface area contributed by atoms with E-state index in [1.165, 1.54) is 39.9 Å². The summed E-state index contributed by atoms with van der Waals surface area (Å²) in [7, 11) is 0. The van der Waals surface area contributed by atoms with Crippen LogP contribution in [0.3, 0.4) is 0 Å². The average Bonchev–Trinajstić information content (AvgIpc) is 3.19. The van der Waals surface area contributed by atoms with Crippen LogP contribution in [0.15, 0.2) is 72.8 Å². The van der Waals surface area contributed by atoms with E-state index in [9.17, 15) is 9.18 Å². The fourth-order valence-corrected chi connectivity index (χ4v) is 5.47. The predicted octanol–water partition coefficient (Wildman–Crippen LogP) is 7.37. The number of hydrogen-bond acceptors (Lipinski definition) is 2. The van der Waals surface area contributed by atoms with E-state index in [0.717, 1.165) is 36.9 Å². The molecule has 3 aromatic carbocycles. The normalized spacial score (nSPS) is 15.7. The summed E-state index contributed by atoms with van der Waals surface area (Å²) in [5, 5.41) is 5.02. The van der Waals surface area contributed by atoms with Crippen LogP contribution in [-0.2, 0) is 18.4 Å². The molecule has 1 unspecified atom stereocenters. The number of nitrogens with one attached hydrogen (secondary N) is 1. The zero-order valence-electron chi connectivity index (χ0n) is 21.5. The maximum absolute atomic E-state index is 13.5. The summed E-state index contributed by atoms with van der Waals surface area (Å²) < 4.78 is 15.9. The number of nitrogens with zero attached hydrogens (tertiary/aromatic N) is 1. The molecule has 4 aromatic rings. The molecule has 1 aromatic heterocycles. The lowest BCUT2D eigenvalue weighted by Crippen LogP contribution is -2.31. The molecule has 1 atom stereocenters. The molecule has 0 amide bonds. The van der Waals surface area contributed by atoms with Gasteiger partial charge in [-0.2, -0.15) is 0 Å². The Kier molecular flexibility index (Phi) is 6.81. The Morgan fingerprint density at radius 1 is 1.00 bits per heavy atom. The highest BCUT2D eigenvalue weighted by Crippen LogP contribution is 2.36. The van der Waals surface area contributed by atoms with Gasteiger partial charge >= 0.3 is 0 Å².